The van der Waals surface area contributed by atoms with E-state index in [1.54, 1.807) is 4.90 Å². The highest BCUT2D eigenvalue weighted by atomic mass is 32.2. The number of thiophene rings is 1. The molecule has 2 aromatic rings. The molecular weight excluding hydrogens is 308 g/mol. The van der Waals surface area contributed by atoms with Crippen molar-refractivity contribution < 1.29 is 13.2 Å². The van der Waals surface area contributed by atoms with Gasteiger partial charge in [-0.1, -0.05) is 18.2 Å². The van der Waals surface area contributed by atoms with E-state index < -0.39 is 9.84 Å². The Morgan fingerprint density at radius 2 is 1.95 bits per heavy atom. The predicted octanol–water partition coefficient (Wildman–Crippen LogP) is 1.66. The van der Waals surface area contributed by atoms with Gasteiger partial charge >= 0.3 is 0 Å². The van der Waals surface area contributed by atoms with Crippen LogP contribution in [0.5, 0.6) is 0 Å². The lowest BCUT2D eigenvalue weighted by Crippen LogP contribution is -2.43. The molecule has 0 saturated carbocycles. The number of aryl methyl sites for hydroxylation is 1. The summed E-state index contributed by atoms with van der Waals surface area (Å²) >= 11 is 1.39. The van der Waals surface area contributed by atoms with Crippen molar-refractivity contribution in [2.75, 3.05) is 30.3 Å². The molecule has 21 heavy (non-hydrogen) atoms. The third-order valence-corrected chi connectivity index (χ3v) is 6.73. The average molecular weight is 324 g/mol. The fourth-order valence-electron chi connectivity index (χ4n) is 2.50. The van der Waals surface area contributed by atoms with E-state index in [9.17, 15) is 13.2 Å². The standard InChI is InChI=1S/C14H16N2O3S2/c1-9-3-2-4-10-11(15)13(20-12(9)10)14(17)16-5-7-21(18,19)8-6-16/h2-4H,5-8,15H2,1H3. The second-order valence-corrected chi connectivity index (χ2v) is 8.56. The molecule has 0 atom stereocenters. The van der Waals surface area contributed by atoms with Crippen molar-refractivity contribution in [1.29, 1.82) is 0 Å². The summed E-state index contributed by atoms with van der Waals surface area (Å²) < 4.78 is 23.9. The summed E-state index contributed by atoms with van der Waals surface area (Å²) in [4.78, 5) is 14.7. The number of nitrogen functional groups attached to an aromatic ring is 1. The summed E-state index contributed by atoms with van der Waals surface area (Å²) in [5.41, 5.74) is 7.70. The number of hydrogen-bond donors (Lipinski definition) is 1. The first-order valence-electron chi connectivity index (χ1n) is 6.66. The lowest BCUT2D eigenvalue weighted by molar-refractivity contribution is 0.0776. The van der Waals surface area contributed by atoms with E-state index in [0.29, 0.717) is 10.6 Å². The van der Waals surface area contributed by atoms with E-state index in [1.165, 1.54) is 11.3 Å². The first-order chi connectivity index (χ1) is 9.89. The van der Waals surface area contributed by atoms with Gasteiger partial charge in [0.25, 0.3) is 5.91 Å². The molecular formula is C14H16N2O3S2. The molecule has 0 radical (unpaired) electrons. The Bertz CT molecular complexity index is 810. The maximum Gasteiger partial charge on any atom is 0.266 e. The third kappa shape index (κ3) is 2.51. The first kappa shape index (κ1) is 14.3. The SMILES string of the molecule is Cc1cccc2c(N)c(C(=O)N3CCS(=O)(=O)CC3)sc12. The molecule has 1 saturated heterocycles. The van der Waals surface area contributed by atoms with Crippen LogP contribution >= 0.6 is 11.3 Å². The van der Waals surface area contributed by atoms with Crippen LogP contribution in [0, 0.1) is 6.92 Å². The Labute approximate surface area is 127 Å². The molecule has 1 aromatic carbocycles. The lowest BCUT2D eigenvalue weighted by atomic mass is 10.1. The van der Waals surface area contributed by atoms with Crippen molar-refractivity contribution in [1.82, 2.24) is 4.90 Å². The Hall–Kier alpha value is -1.60. The molecule has 1 aromatic heterocycles. The maximum atomic E-state index is 12.6. The minimum Gasteiger partial charge on any atom is -0.397 e. The molecule has 0 spiro atoms. The number of fused-ring (bicyclic) bond motifs is 1. The van der Waals surface area contributed by atoms with Gasteiger partial charge in [0, 0.05) is 23.2 Å². The normalized spacial score (nSPS) is 18.0. The molecule has 2 heterocycles. The minimum absolute atomic E-state index is 0.0303. The van der Waals surface area contributed by atoms with Gasteiger partial charge in [0.05, 0.1) is 17.2 Å². The Balaban J connectivity index is 1.96. The van der Waals surface area contributed by atoms with Crippen molar-refractivity contribution in [3.63, 3.8) is 0 Å². The van der Waals surface area contributed by atoms with Crippen LogP contribution in [0.3, 0.4) is 0 Å². The fraction of sp³-hybridized carbons (Fsp3) is 0.357. The summed E-state index contributed by atoms with van der Waals surface area (Å²) in [6.07, 6.45) is 0. The molecule has 3 rings (SSSR count). The Morgan fingerprint density at radius 1 is 1.29 bits per heavy atom. The van der Waals surface area contributed by atoms with Gasteiger partial charge in [0.1, 0.15) is 4.88 Å². The topological polar surface area (TPSA) is 80.5 Å². The van der Waals surface area contributed by atoms with Crippen LogP contribution in [0.2, 0.25) is 0 Å². The summed E-state index contributed by atoms with van der Waals surface area (Å²) in [6.45, 7) is 2.47. The molecule has 2 N–H and O–H groups in total. The zero-order valence-corrected chi connectivity index (χ0v) is 13.3. The van der Waals surface area contributed by atoms with Gasteiger partial charge in [-0.3, -0.25) is 4.79 Å². The summed E-state index contributed by atoms with van der Waals surface area (Å²) in [6, 6.07) is 5.81. The lowest BCUT2D eigenvalue weighted by Gasteiger charge is -2.26. The molecule has 1 aliphatic rings. The molecule has 0 bridgehead atoms. The number of amides is 1. The van der Waals surface area contributed by atoms with Gasteiger partial charge in [-0.15, -0.1) is 11.3 Å². The fourth-order valence-corrected chi connectivity index (χ4v) is 4.86. The van der Waals surface area contributed by atoms with E-state index >= 15 is 0 Å². The van der Waals surface area contributed by atoms with Gasteiger partial charge in [-0.25, -0.2) is 8.42 Å². The van der Waals surface area contributed by atoms with Crippen molar-refractivity contribution in [2.45, 2.75) is 6.92 Å². The summed E-state index contributed by atoms with van der Waals surface area (Å²) in [5.74, 6) is -0.103. The minimum atomic E-state index is -2.99. The first-order valence-corrected chi connectivity index (χ1v) is 9.30. The summed E-state index contributed by atoms with van der Waals surface area (Å²) in [5, 5.41) is 0.896. The van der Waals surface area contributed by atoms with Crippen LogP contribution in [0.1, 0.15) is 15.2 Å². The molecule has 1 amide bonds. The monoisotopic (exact) mass is 324 g/mol. The number of nitrogens with two attached hydrogens (primary N) is 1. The van der Waals surface area contributed by atoms with E-state index in [0.717, 1.165) is 15.6 Å². The highest BCUT2D eigenvalue weighted by Gasteiger charge is 2.28. The van der Waals surface area contributed by atoms with Gasteiger partial charge in [-0.05, 0) is 12.5 Å². The van der Waals surface area contributed by atoms with Crippen molar-refractivity contribution in [3.8, 4) is 0 Å². The van der Waals surface area contributed by atoms with E-state index in [1.807, 2.05) is 25.1 Å². The molecule has 1 aliphatic heterocycles. The van der Waals surface area contributed by atoms with Crippen LogP contribution < -0.4 is 5.73 Å². The number of hydrogen-bond acceptors (Lipinski definition) is 5. The van der Waals surface area contributed by atoms with Crippen LogP contribution in [-0.4, -0.2) is 43.8 Å². The van der Waals surface area contributed by atoms with Crippen molar-refractivity contribution >= 4 is 42.9 Å². The van der Waals surface area contributed by atoms with Crippen LogP contribution in [-0.2, 0) is 9.84 Å². The van der Waals surface area contributed by atoms with Gasteiger partial charge in [0.15, 0.2) is 9.84 Å². The molecule has 0 unspecified atom stereocenters. The average Bonchev–Trinajstić information content (AvgIpc) is 2.77. The number of sulfone groups is 1. The summed E-state index contributed by atoms with van der Waals surface area (Å²) in [7, 11) is -2.99. The molecule has 0 aliphatic carbocycles. The Morgan fingerprint density at radius 3 is 2.57 bits per heavy atom. The van der Waals surface area contributed by atoms with Crippen LogP contribution in [0.25, 0.3) is 10.1 Å². The molecule has 1 fully saturated rings. The molecule has 7 heteroatoms. The zero-order chi connectivity index (χ0) is 15.2. The number of carbonyl (C=O) groups excluding carboxylic acids is 1. The number of anilines is 1. The van der Waals surface area contributed by atoms with Crippen LogP contribution in [0.4, 0.5) is 5.69 Å². The van der Waals surface area contributed by atoms with Gasteiger partial charge < -0.3 is 10.6 Å². The van der Waals surface area contributed by atoms with Crippen molar-refractivity contribution in [2.24, 2.45) is 0 Å². The van der Waals surface area contributed by atoms with E-state index in [2.05, 4.69) is 0 Å². The number of benzene rings is 1. The molecule has 5 nitrogen and oxygen atoms in total. The smallest absolute Gasteiger partial charge is 0.266 e. The highest BCUT2D eigenvalue weighted by Crippen LogP contribution is 2.36. The van der Waals surface area contributed by atoms with Gasteiger partial charge in [0.2, 0.25) is 0 Å². The van der Waals surface area contributed by atoms with E-state index in [4.69, 9.17) is 5.73 Å². The quantitative estimate of drug-likeness (QED) is 0.865. The molecule has 112 valence electrons. The second kappa shape index (κ2) is 4.99. The highest BCUT2D eigenvalue weighted by molar-refractivity contribution is 7.91. The number of carbonyl (C=O) groups is 1. The van der Waals surface area contributed by atoms with Crippen molar-refractivity contribution in [3.05, 3.63) is 28.6 Å². The third-order valence-electron chi connectivity index (χ3n) is 3.78. The zero-order valence-electron chi connectivity index (χ0n) is 11.6. The van der Waals surface area contributed by atoms with Crippen LogP contribution in [0.15, 0.2) is 18.2 Å². The Kier molecular flexibility index (Phi) is 3.41. The number of rotatable bonds is 1. The maximum absolute atomic E-state index is 12.6. The van der Waals surface area contributed by atoms with Gasteiger partial charge in [-0.2, -0.15) is 0 Å². The van der Waals surface area contributed by atoms with E-state index in [-0.39, 0.29) is 30.5 Å². The second-order valence-electron chi connectivity index (χ2n) is 5.24. The largest absolute Gasteiger partial charge is 0.397 e. The predicted molar refractivity (Wildman–Crippen MR) is 85.5 cm³/mol. The number of nitrogens with zero attached hydrogens (tertiary/aromatic N) is 1.